The molecule has 0 aliphatic heterocycles. The lowest BCUT2D eigenvalue weighted by Gasteiger charge is -2.23. The minimum atomic E-state index is -0.734. The lowest BCUT2D eigenvalue weighted by molar-refractivity contribution is 0.0139. The van der Waals surface area contributed by atoms with Crippen LogP contribution in [0.4, 0.5) is 4.79 Å². The van der Waals surface area contributed by atoms with E-state index < -0.39 is 17.8 Å². The van der Waals surface area contributed by atoms with E-state index in [-0.39, 0.29) is 0 Å². The van der Waals surface area contributed by atoms with Crippen LogP contribution in [0.15, 0.2) is 43.0 Å². The average molecular weight is 385 g/mol. The normalized spacial score (nSPS) is 13.2. The Bertz CT molecular complexity index is 632. The number of aromatic nitrogens is 2. The highest BCUT2D eigenvalue weighted by Gasteiger charge is 2.27. The maximum absolute atomic E-state index is 12.0. The van der Waals surface area contributed by atoms with Crippen molar-refractivity contribution >= 4 is 29.4 Å². The topological polar surface area (TPSA) is 53.4 Å². The largest absolute Gasteiger partial charge is 0.509 e. The third-order valence-corrected chi connectivity index (χ3v) is 4.41. The van der Waals surface area contributed by atoms with Gasteiger partial charge in [-0.1, -0.05) is 61.5 Å². The predicted octanol–water partition coefficient (Wildman–Crippen LogP) is 5.75. The number of alkyl halides is 1. The first kappa shape index (κ1) is 19.6. The molecule has 2 unspecified atom stereocenters. The van der Waals surface area contributed by atoms with Gasteiger partial charge in [-0.15, -0.1) is 0 Å². The molecule has 1 aromatic carbocycles. The second kappa shape index (κ2) is 10.3. The molecule has 7 heteroatoms. The molecule has 136 valence electrons. The summed E-state index contributed by atoms with van der Waals surface area (Å²) in [7, 11) is 0. The molecule has 0 radical (unpaired) electrons. The number of carbonyl (C=O) groups is 1. The summed E-state index contributed by atoms with van der Waals surface area (Å²) in [5.41, 5.74) is 0.0670. The van der Waals surface area contributed by atoms with Gasteiger partial charge in [0.05, 0.1) is 12.9 Å². The van der Waals surface area contributed by atoms with E-state index in [9.17, 15) is 4.79 Å². The van der Waals surface area contributed by atoms with Crippen molar-refractivity contribution < 1.29 is 14.3 Å². The van der Waals surface area contributed by atoms with E-state index in [0.717, 1.165) is 31.2 Å². The Hall–Kier alpha value is -1.72. The van der Waals surface area contributed by atoms with Crippen molar-refractivity contribution in [2.24, 2.45) is 0 Å². The summed E-state index contributed by atoms with van der Waals surface area (Å²) in [6, 6.07) is 6.99. The van der Waals surface area contributed by atoms with Gasteiger partial charge in [0.15, 0.2) is 11.6 Å². The molecule has 2 rings (SSSR count). The van der Waals surface area contributed by atoms with Crippen molar-refractivity contribution in [2.75, 3.05) is 6.61 Å². The first-order valence-electron chi connectivity index (χ1n) is 8.32. The molecule has 2 aromatic rings. The number of rotatable bonds is 9. The van der Waals surface area contributed by atoms with E-state index in [4.69, 9.17) is 32.7 Å². The Morgan fingerprint density at radius 1 is 1.24 bits per heavy atom. The van der Waals surface area contributed by atoms with Gasteiger partial charge < -0.3 is 14.0 Å². The molecular weight excluding hydrogens is 363 g/mol. The van der Waals surface area contributed by atoms with E-state index in [2.05, 4.69) is 11.9 Å². The third kappa shape index (κ3) is 6.25. The van der Waals surface area contributed by atoms with Gasteiger partial charge in [-0.25, -0.2) is 9.78 Å². The Balaban J connectivity index is 2.01. The Morgan fingerprint density at radius 3 is 2.64 bits per heavy atom. The highest BCUT2D eigenvalue weighted by molar-refractivity contribution is 6.30. The molecule has 0 aliphatic rings. The number of carbonyl (C=O) groups excluding carboxylic acids is 1. The second-order valence-corrected chi connectivity index (χ2v) is 6.52. The van der Waals surface area contributed by atoms with Crippen LogP contribution in [0.25, 0.3) is 0 Å². The summed E-state index contributed by atoms with van der Waals surface area (Å²) in [6.45, 7) is 2.47. The molecule has 25 heavy (non-hydrogen) atoms. The maximum Gasteiger partial charge on any atom is 0.509 e. The zero-order chi connectivity index (χ0) is 18.1. The fraction of sp³-hybridized carbons (Fsp3) is 0.444. The van der Waals surface area contributed by atoms with Crippen molar-refractivity contribution in [1.82, 2.24) is 9.55 Å². The van der Waals surface area contributed by atoms with Gasteiger partial charge in [-0.3, -0.25) is 0 Å². The molecule has 0 spiro atoms. The van der Waals surface area contributed by atoms with Crippen molar-refractivity contribution in [2.45, 2.75) is 44.2 Å². The van der Waals surface area contributed by atoms with Gasteiger partial charge in [-0.05, 0) is 24.1 Å². The average Bonchev–Trinajstić information content (AvgIpc) is 3.14. The molecule has 1 aromatic heterocycles. The van der Waals surface area contributed by atoms with Crippen LogP contribution in [-0.4, -0.2) is 22.3 Å². The van der Waals surface area contributed by atoms with Gasteiger partial charge in [0.1, 0.15) is 0 Å². The molecular formula is C18H22Cl2N2O3. The van der Waals surface area contributed by atoms with Gasteiger partial charge in [0.2, 0.25) is 0 Å². The van der Waals surface area contributed by atoms with E-state index in [1.807, 2.05) is 0 Å². The summed E-state index contributed by atoms with van der Waals surface area (Å²) in [4.78, 5) is 16.0. The van der Waals surface area contributed by atoms with Crippen LogP contribution < -0.4 is 0 Å². The van der Waals surface area contributed by atoms with Crippen molar-refractivity contribution in [3.63, 3.8) is 0 Å². The predicted molar refractivity (Wildman–Crippen MR) is 97.9 cm³/mol. The summed E-state index contributed by atoms with van der Waals surface area (Å²) >= 11 is 12.4. The van der Waals surface area contributed by atoms with Gasteiger partial charge in [0.25, 0.3) is 0 Å². The molecule has 0 saturated heterocycles. The van der Waals surface area contributed by atoms with Crippen LogP contribution in [0.5, 0.6) is 0 Å². The number of imidazole rings is 1. The Morgan fingerprint density at radius 2 is 2.00 bits per heavy atom. The number of nitrogens with zero attached hydrogens (tertiary/aromatic N) is 2. The first-order valence-corrected chi connectivity index (χ1v) is 9.13. The van der Waals surface area contributed by atoms with Crippen LogP contribution in [0.2, 0.25) is 5.02 Å². The summed E-state index contributed by atoms with van der Waals surface area (Å²) in [6.07, 6.45) is 7.52. The van der Waals surface area contributed by atoms with Gasteiger partial charge in [-0.2, -0.15) is 0 Å². The molecule has 1 heterocycles. The molecule has 0 saturated carbocycles. The summed E-state index contributed by atoms with van der Waals surface area (Å²) < 4.78 is 12.3. The van der Waals surface area contributed by atoms with Crippen LogP contribution >= 0.6 is 23.2 Å². The van der Waals surface area contributed by atoms with Crippen LogP contribution in [0.1, 0.15) is 49.8 Å². The quantitative estimate of drug-likeness (QED) is 0.313. The van der Waals surface area contributed by atoms with Gasteiger partial charge >= 0.3 is 6.16 Å². The highest BCUT2D eigenvalue weighted by Crippen LogP contribution is 2.34. The third-order valence-electron chi connectivity index (χ3n) is 3.70. The first-order chi connectivity index (χ1) is 12.1. The summed E-state index contributed by atoms with van der Waals surface area (Å²) in [5.74, 6) is 0. The Labute approximate surface area is 157 Å². The summed E-state index contributed by atoms with van der Waals surface area (Å²) in [5, 5.41) is 0.592. The number of ether oxygens (including phenoxy) is 2. The number of benzene rings is 1. The molecule has 0 aliphatic carbocycles. The monoisotopic (exact) mass is 384 g/mol. The number of unbranched alkanes of at least 4 members (excludes halogenated alkanes) is 3. The SMILES string of the molecule is CCCCCCOC(=O)OC(c1ccc(Cl)cc1)C(Cl)n1ccnc1. The Kier molecular flexibility index (Phi) is 8.09. The number of hydrogen-bond acceptors (Lipinski definition) is 4. The van der Waals surface area contributed by atoms with E-state index >= 15 is 0 Å². The minimum absolute atomic E-state index is 0.337. The van der Waals surface area contributed by atoms with Crippen LogP contribution in [-0.2, 0) is 9.47 Å². The molecule has 0 N–H and O–H groups in total. The lowest BCUT2D eigenvalue weighted by Crippen LogP contribution is -2.20. The van der Waals surface area contributed by atoms with Gasteiger partial charge in [0, 0.05) is 17.4 Å². The zero-order valence-corrected chi connectivity index (χ0v) is 15.6. The number of halogens is 2. The van der Waals surface area contributed by atoms with E-state index in [1.54, 1.807) is 47.6 Å². The molecule has 0 fully saturated rings. The molecule has 0 bridgehead atoms. The highest BCUT2D eigenvalue weighted by atomic mass is 35.5. The minimum Gasteiger partial charge on any atom is -0.434 e. The fourth-order valence-corrected chi connectivity index (χ4v) is 2.77. The van der Waals surface area contributed by atoms with Crippen LogP contribution in [0.3, 0.4) is 0 Å². The van der Waals surface area contributed by atoms with E-state index in [0.29, 0.717) is 11.6 Å². The second-order valence-electron chi connectivity index (χ2n) is 5.63. The maximum atomic E-state index is 12.0. The lowest BCUT2D eigenvalue weighted by atomic mass is 10.1. The smallest absolute Gasteiger partial charge is 0.434 e. The van der Waals surface area contributed by atoms with Crippen LogP contribution in [0, 0.1) is 0 Å². The van der Waals surface area contributed by atoms with Crippen molar-refractivity contribution in [3.8, 4) is 0 Å². The van der Waals surface area contributed by atoms with E-state index in [1.165, 1.54) is 0 Å². The van der Waals surface area contributed by atoms with Crippen molar-refractivity contribution in [1.29, 1.82) is 0 Å². The standard InChI is InChI=1S/C18H22Cl2N2O3/c1-2-3-4-5-12-24-18(23)25-16(14-6-8-15(19)9-7-14)17(20)22-11-10-21-13-22/h6-11,13,16-17H,2-5,12H2,1H3. The molecule has 0 amide bonds. The zero-order valence-electron chi connectivity index (χ0n) is 14.1. The van der Waals surface area contributed by atoms with Crippen molar-refractivity contribution in [3.05, 3.63) is 53.6 Å². The fourth-order valence-electron chi connectivity index (χ4n) is 2.33. The number of hydrogen-bond donors (Lipinski definition) is 0. The molecule has 5 nitrogen and oxygen atoms in total. The molecule has 2 atom stereocenters.